The standard InChI is InChI=1S/C25H23ClN4O3/c1-25(2,3)22-19(27-13-28-22)20-24(33)29-18(23(32)30-20)12-14-5-4-6-16(11-14)21(31)15-7-9-17(26)10-8-15/h4-13,20H,1-3H3,(H,27,28)(H,29,33)(H,30,32)/b18-12+. The Morgan fingerprint density at radius 3 is 2.48 bits per heavy atom. The summed E-state index contributed by atoms with van der Waals surface area (Å²) in [5.41, 5.74) is 2.64. The summed E-state index contributed by atoms with van der Waals surface area (Å²) in [6.07, 6.45) is 3.06. The summed E-state index contributed by atoms with van der Waals surface area (Å²) < 4.78 is 0. The van der Waals surface area contributed by atoms with Crippen LogP contribution in [0.25, 0.3) is 6.08 Å². The molecular weight excluding hydrogens is 440 g/mol. The van der Waals surface area contributed by atoms with E-state index in [1.54, 1.807) is 54.6 Å². The molecule has 4 rings (SSSR count). The van der Waals surface area contributed by atoms with Crippen LogP contribution in [0.2, 0.25) is 5.02 Å². The number of halogens is 1. The van der Waals surface area contributed by atoms with Crippen LogP contribution in [0.4, 0.5) is 0 Å². The number of aromatic amines is 1. The first-order chi connectivity index (χ1) is 15.6. The lowest BCUT2D eigenvalue weighted by molar-refractivity contribution is -0.131. The first-order valence-electron chi connectivity index (χ1n) is 10.4. The van der Waals surface area contributed by atoms with Crippen molar-refractivity contribution in [2.75, 3.05) is 0 Å². The summed E-state index contributed by atoms with van der Waals surface area (Å²) in [5, 5.41) is 5.98. The number of benzene rings is 2. The Morgan fingerprint density at radius 2 is 1.79 bits per heavy atom. The summed E-state index contributed by atoms with van der Waals surface area (Å²) in [6, 6.07) is 12.6. The molecule has 0 saturated carbocycles. The van der Waals surface area contributed by atoms with Gasteiger partial charge in [-0.15, -0.1) is 0 Å². The number of piperazine rings is 1. The van der Waals surface area contributed by atoms with E-state index in [0.717, 1.165) is 0 Å². The second-order valence-electron chi connectivity index (χ2n) is 8.83. The quantitative estimate of drug-likeness (QED) is 0.403. The van der Waals surface area contributed by atoms with Gasteiger partial charge in [0.25, 0.3) is 11.8 Å². The number of imidazole rings is 1. The Morgan fingerprint density at radius 1 is 1.06 bits per heavy atom. The fraction of sp³-hybridized carbons (Fsp3) is 0.200. The topological polar surface area (TPSA) is 104 Å². The molecule has 0 radical (unpaired) electrons. The predicted molar refractivity (Wildman–Crippen MR) is 126 cm³/mol. The largest absolute Gasteiger partial charge is 0.346 e. The van der Waals surface area contributed by atoms with Gasteiger partial charge in [-0.2, -0.15) is 0 Å². The van der Waals surface area contributed by atoms with Crippen molar-refractivity contribution in [3.8, 4) is 0 Å². The number of nitrogens with one attached hydrogen (secondary N) is 3. The van der Waals surface area contributed by atoms with Crippen LogP contribution >= 0.6 is 11.6 Å². The summed E-state index contributed by atoms with van der Waals surface area (Å²) in [7, 11) is 0. The summed E-state index contributed by atoms with van der Waals surface area (Å²) in [4.78, 5) is 45.7. The van der Waals surface area contributed by atoms with E-state index in [1.807, 2.05) is 20.8 Å². The highest BCUT2D eigenvalue weighted by Gasteiger charge is 2.36. The van der Waals surface area contributed by atoms with Crippen LogP contribution in [0.15, 0.2) is 60.6 Å². The minimum absolute atomic E-state index is 0.101. The smallest absolute Gasteiger partial charge is 0.268 e. The number of H-pyrrole nitrogens is 1. The van der Waals surface area contributed by atoms with Gasteiger partial charge in [0.1, 0.15) is 5.70 Å². The summed E-state index contributed by atoms with van der Waals surface area (Å²) in [5.74, 6) is -0.967. The van der Waals surface area contributed by atoms with E-state index in [9.17, 15) is 14.4 Å². The number of carbonyl (C=O) groups is 3. The molecule has 1 unspecified atom stereocenters. The normalized spacial score (nSPS) is 17.6. The van der Waals surface area contributed by atoms with Gasteiger partial charge >= 0.3 is 0 Å². The Balaban J connectivity index is 1.57. The Labute approximate surface area is 196 Å². The lowest BCUT2D eigenvalue weighted by atomic mass is 9.88. The molecule has 2 amide bonds. The van der Waals surface area contributed by atoms with Gasteiger partial charge in [-0.3, -0.25) is 14.4 Å². The fourth-order valence-electron chi connectivity index (χ4n) is 3.67. The van der Waals surface area contributed by atoms with Crippen LogP contribution in [0.5, 0.6) is 0 Å². The van der Waals surface area contributed by atoms with Gasteiger partial charge in [-0.1, -0.05) is 50.6 Å². The Bertz CT molecular complexity index is 1270. The van der Waals surface area contributed by atoms with E-state index < -0.39 is 11.9 Å². The molecule has 33 heavy (non-hydrogen) atoms. The average molecular weight is 463 g/mol. The molecule has 0 spiro atoms. The third kappa shape index (κ3) is 4.73. The summed E-state index contributed by atoms with van der Waals surface area (Å²) >= 11 is 5.90. The average Bonchev–Trinajstić information content (AvgIpc) is 3.27. The van der Waals surface area contributed by atoms with Crippen molar-refractivity contribution in [3.63, 3.8) is 0 Å². The van der Waals surface area contributed by atoms with Crippen LogP contribution < -0.4 is 10.6 Å². The second-order valence-corrected chi connectivity index (χ2v) is 9.27. The van der Waals surface area contributed by atoms with Crippen LogP contribution in [0.3, 0.4) is 0 Å². The molecular formula is C25H23ClN4O3. The van der Waals surface area contributed by atoms with Crippen molar-refractivity contribution < 1.29 is 14.4 Å². The number of carbonyl (C=O) groups excluding carboxylic acids is 3. The molecule has 2 heterocycles. The molecule has 1 fully saturated rings. The van der Waals surface area contributed by atoms with E-state index in [-0.39, 0.29) is 22.8 Å². The zero-order chi connectivity index (χ0) is 23.8. The number of hydrogen-bond acceptors (Lipinski definition) is 4. The third-order valence-corrected chi connectivity index (χ3v) is 5.53. The van der Waals surface area contributed by atoms with E-state index in [0.29, 0.717) is 33.1 Å². The highest BCUT2D eigenvalue weighted by molar-refractivity contribution is 6.30. The maximum absolute atomic E-state index is 12.8. The maximum atomic E-state index is 12.8. The van der Waals surface area contributed by atoms with E-state index in [2.05, 4.69) is 20.6 Å². The molecule has 8 heteroatoms. The number of ketones is 1. The van der Waals surface area contributed by atoms with Crippen molar-refractivity contribution in [3.05, 3.63) is 93.7 Å². The first-order valence-corrected chi connectivity index (χ1v) is 10.8. The van der Waals surface area contributed by atoms with Crippen molar-refractivity contribution in [2.45, 2.75) is 32.2 Å². The zero-order valence-corrected chi connectivity index (χ0v) is 19.2. The van der Waals surface area contributed by atoms with Crippen LogP contribution in [0.1, 0.15) is 59.7 Å². The molecule has 3 N–H and O–H groups in total. The maximum Gasteiger partial charge on any atom is 0.268 e. The molecule has 7 nitrogen and oxygen atoms in total. The van der Waals surface area contributed by atoms with Gasteiger partial charge in [-0.25, -0.2) is 4.98 Å². The van der Waals surface area contributed by atoms with Crippen molar-refractivity contribution >= 4 is 35.3 Å². The third-order valence-electron chi connectivity index (χ3n) is 5.27. The Hall–Kier alpha value is -3.71. The van der Waals surface area contributed by atoms with Gasteiger partial charge in [0, 0.05) is 21.6 Å². The number of hydrogen-bond donors (Lipinski definition) is 3. The number of nitrogens with zero attached hydrogens (tertiary/aromatic N) is 1. The molecule has 1 aromatic heterocycles. The van der Waals surface area contributed by atoms with Gasteiger partial charge in [-0.05, 0) is 42.0 Å². The van der Waals surface area contributed by atoms with Crippen LogP contribution in [-0.4, -0.2) is 27.6 Å². The van der Waals surface area contributed by atoms with Crippen molar-refractivity contribution in [2.24, 2.45) is 0 Å². The molecule has 168 valence electrons. The van der Waals surface area contributed by atoms with Gasteiger partial charge in [0.05, 0.1) is 17.7 Å². The fourth-order valence-corrected chi connectivity index (χ4v) is 3.79. The molecule has 3 aromatic rings. The number of aromatic nitrogens is 2. The summed E-state index contributed by atoms with van der Waals surface area (Å²) in [6.45, 7) is 5.95. The first kappa shape index (κ1) is 22.5. The number of amides is 2. The second kappa shape index (κ2) is 8.67. The molecule has 2 aromatic carbocycles. The molecule has 1 aliphatic rings. The van der Waals surface area contributed by atoms with E-state index in [1.165, 1.54) is 6.33 Å². The Kier molecular flexibility index (Phi) is 5.91. The highest BCUT2D eigenvalue weighted by atomic mass is 35.5. The van der Waals surface area contributed by atoms with Crippen molar-refractivity contribution in [1.82, 2.24) is 20.6 Å². The zero-order valence-electron chi connectivity index (χ0n) is 18.4. The van der Waals surface area contributed by atoms with Crippen LogP contribution in [0, 0.1) is 0 Å². The number of rotatable bonds is 4. The van der Waals surface area contributed by atoms with Gasteiger partial charge < -0.3 is 15.6 Å². The van der Waals surface area contributed by atoms with Crippen molar-refractivity contribution in [1.29, 1.82) is 0 Å². The predicted octanol–water partition coefficient (Wildman–Crippen LogP) is 3.92. The lowest BCUT2D eigenvalue weighted by Crippen LogP contribution is -2.50. The molecule has 0 aliphatic carbocycles. The van der Waals surface area contributed by atoms with Gasteiger partial charge in [0.2, 0.25) is 0 Å². The van der Waals surface area contributed by atoms with Crippen LogP contribution in [-0.2, 0) is 15.0 Å². The molecule has 0 bridgehead atoms. The molecule has 1 atom stereocenters. The monoisotopic (exact) mass is 462 g/mol. The van der Waals surface area contributed by atoms with E-state index in [4.69, 9.17) is 11.6 Å². The minimum Gasteiger partial charge on any atom is -0.346 e. The SMILES string of the molecule is CC(C)(C)c1nc[nH]c1C1NC(=O)/C(=C\c2cccc(C(=O)c3ccc(Cl)cc3)c2)NC1=O. The minimum atomic E-state index is -0.871. The van der Waals surface area contributed by atoms with E-state index >= 15 is 0 Å². The van der Waals surface area contributed by atoms with Gasteiger partial charge in [0.15, 0.2) is 11.8 Å². The highest BCUT2D eigenvalue weighted by Crippen LogP contribution is 2.28. The lowest BCUT2D eigenvalue weighted by Gasteiger charge is -2.27. The molecule has 1 aliphatic heterocycles. The molecule has 1 saturated heterocycles.